The summed E-state index contributed by atoms with van der Waals surface area (Å²) in [7, 11) is 0. The van der Waals surface area contributed by atoms with Crippen molar-refractivity contribution in [3.8, 4) is 5.75 Å². The van der Waals surface area contributed by atoms with Crippen LogP contribution >= 0.6 is 0 Å². The minimum absolute atomic E-state index is 0.622. The van der Waals surface area contributed by atoms with E-state index in [9.17, 15) is 0 Å². The van der Waals surface area contributed by atoms with Crippen molar-refractivity contribution >= 4 is 5.96 Å². The van der Waals surface area contributed by atoms with Crippen LogP contribution < -0.4 is 16.0 Å². The number of guanidine groups is 1. The number of hydrogen-bond acceptors (Lipinski definition) is 4. The molecular weight excluding hydrogens is 268 g/mol. The highest BCUT2D eigenvalue weighted by Crippen LogP contribution is 2.22. The first-order chi connectivity index (χ1) is 10.3. The number of ether oxygens (including phenoxy) is 2. The molecule has 6 heteroatoms. The molecular formula is C15H24N4O2. The van der Waals surface area contributed by atoms with Crippen LogP contribution in [-0.4, -0.2) is 43.8 Å². The number of rotatable bonds is 5. The Balaban J connectivity index is 1.96. The molecule has 0 radical (unpaired) electrons. The molecule has 0 aliphatic carbocycles. The van der Waals surface area contributed by atoms with Crippen LogP contribution in [0, 0.1) is 0 Å². The van der Waals surface area contributed by atoms with Crippen LogP contribution in [0.15, 0.2) is 29.3 Å². The summed E-state index contributed by atoms with van der Waals surface area (Å²) in [6.45, 7) is 6.27. The first-order valence-electron chi connectivity index (χ1n) is 7.39. The molecule has 0 fully saturated rings. The Bertz CT molecular complexity index is 465. The Labute approximate surface area is 125 Å². The second-order valence-corrected chi connectivity index (χ2v) is 4.78. The van der Waals surface area contributed by atoms with E-state index in [0.29, 0.717) is 19.1 Å². The van der Waals surface area contributed by atoms with Crippen molar-refractivity contribution in [2.75, 3.05) is 32.9 Å². The number of aliphatic imine (C=N–C) groups is 1. The quantitative estimate of drug-likeness (QED) is 0.280. The van der Waals surface area contributed by atoms with Crippen LogP contribution in [0.2, 0.25) is 0 Å². The van der Waals surface area contributed by atoms with Gasteiger partial charge in [-0.05, 0) is 19.4 Å². The van der Waals surface area contributed by atoms with E-state index in [4.69, 9.17) is 15.3 Å². The van der Waals surface area contributed by atoms with E-state index in [-0.39, 0.29) is 0 Å². The molecule has 0 saturated carbocycles. The van der Waals surface area contributed by atoms with Crippen molar-refractivity contribution in [1.82, 2.24) is 10.3 Å². The van der Waals surface area contributed by atoms with E-state index in [1.807, 2.05) is 25.1 Å². The van der Waals surface area contributed by atoms with Crippen molar-refractivity contribution in [3.63, 3.8) is 0 Å². The van der Waals surface area contributed by atoms with Crippen molar-refractivity contribution < 1.29 is 9.47 Å². The second-order valence-electron chi connectivity index (χ2n) is 4.78. The molecule has 1 aliphatic rings. The molecule has 0 aromatic heterocycles. The van der Waals surface area contributed by atoms with Gasteiger partial charge in [0.1, 0.15) is 12.4 Å². The Hall–Kier alpha value is -1.79. The van der Waals surface area contributed by atoms with Gasteiger partial charge in [-0.15, -0.1) is 0 Å². The first kappa shape index (κ1) is 15.6. The molecule has 1 aromatic carbocycles. The van der Waals surface area contributed by atoms with Gasteiger partial charge in [-0.2, -0.15) is 0 Å². The Morgan fingerprint density at radius 1 is 1.48 bits per heavy atom. The molecule has 0 saturated heterocycles. The molecule has 116 valence electrons. The van der Waals surface area contributed by atoms with Crippen LogP contribution in [-0.2, 0) is 11.3 Å². The van der Waals surface area contributed by atoms with Crippen molar-refractivity contribution in [2.45, 2.75) is 19.9 Å². The number of benzene rings is 1. The Morgan fingerprint density at radius 2 is 2.33 bits per heavy atom. The van der Waals surface area contributed by atoms with Gasteiger partial charge < -0.3 is 14.4 Å². The predicted octanol–water partition coefficient (Wildman–Crippen LogP) is 1.13. The third-order valence-electron chi connectivity index (χ3n) is 3.29. The van der Waals surface area contributed by atoms with Crippen molar-refractivity contribution in [3.05, 3.63) is 29.8 Å². The lowest BCUT2D eigenvalue weighted by Gasteiger charge is -2.23. The average molecular weight is 292 g/mol. The zero-order chi connectivity index (χ0) is 14.9. The molecule has 1 aliphatic heterocycles. The minimum atomic E-state index is 0.622. The zero-order valence-electron chi connectivity index (χ0n) is 12.5. The lowest BCUT2D eigenvalue weighted by atomic mass is 10.2. The molecule has 21 heavy (non-hydrogen) atoms. The second kappa shape index (κ2) is 8.49. The summed E-state index contributed by atoms with van der Waals surface area (Å²) in [6, 6.07) is 8.06. The highest BCUT2D eigenvalue weighted by Gasteiger charge is 2.17. The van der Waals surface area contributed by atoms with Gasteiger partial charge in [-0.25, -0.2) is 5.84 Å². The first-order valence-corrected chi connectivity index (χ1v) is 7.39. The fraction of sp³-hybridized carbons (Fsp3) is 0.533. The summed E-state index contributed by atoms with van der Waals surface area (Å²) in [5, 5.41) is 0. The van der Waals surface area contributed by atoms with Gasteiger partial charge in [-0.1, -0.05) is 18.2 Å². The van der Waals surface area contributed by atoms with Gasteiger partial charge in [-0.3, -0.25) is 10.4 Å². The lowest BCUT2D eigenvalue weighted by molar-refractivity contribution is 0.146. The summed E-state index contributed by atoms with van der Waals surface area (Å²) in [4.78, 5) is 6.63. The normalized spacial score (nSPS) is 15.1. The number of para-hydroxylation sites is 1. The third-order valence-corrected chi connectivity index (χ3v) is 3.29. The van der Waals surface area contributed by atoms with E-state index in [1.54, 1.807) is 0 Å². The Kier molecular flexibility index (Phi) is 6.30. The molecule has 2 rings (SSSR count). The monoisotopic (exact) mass is 292 g/mol. The van der Waals surface area contributed by atoms with Crippen LogP contribution in [0.5, 0.6) is 5.75 Å². The smallest absolute Gasteiger partial charge is 0.208 e. The van der Waals surface area contributed by atoms with Gasteiger partial charge in [0.15, 0.2) is 0 Å². The number of hydrogen-bond donors (Lipinski definition) is 2. The van der Waals surface area contributed by atoms with E-state index in [0.717, 1.165) is 44.0 Å². The van der Waals surface area contributed by atoms with Crippen LogP contribution in [0.25, 0.3) is 0 Å². The van der Waals surface area contributed by atoms with E-state index >= 15 is 0 Å². The predicted molar refractivity (Wildman–Crippen MR) is 83.1 cm³/mol. The molecule has 0 atom stereocenters. The lowest BCUT2D eigenvalue weighted by Crippen LogP contribution is -2.45. The van der Waals surface area contributed by atoms with Gasteiger partial charge in [0.25, 0.3) is 0 Å². The highest BCUT2D eigenvalue weighted by molar-refractivity contribution is 5.79. The van der Waals surface area contributed by atoms with Crippen LogP contribution in [0.3, 0.4) is 0 Å². The van der Waals surface area contributed by atoms with Gasteiger partial charge in [0, 0.05) is 31.9 Å². The minimum Gasteiger partial charge on any atom is -0.491 e. The molecule has 6 nitrogen and oxygen atoms in total. The number of nitrogens with zero attached hydrogens (tertiary/aromatic N) is 2. The molecule has 0 bridgehead atoms. The topological polar surface area (TPSA) is 72.1 Å². The zero-order valence-corrected chi connectivity index (χ0v) is 12.5. The highest BCUT2D eigenvalue weighted by atomic mass is 16.5. The molecule has 0 spiro atoms. The summed E-state index contributed by atoms with van der Waals surface area (Å²) in [5.41, 5.74) is 3.85. The molecule has 1 aromatic rings. The maximum atomic E-state index is 5.75. The van der Waals surface area contributed by atoms with Gasteiger partial charge in [0.05, 0.1) is 6.54 Å². The maximum absolute atomic E-state index is 5.75. The standard InChI is InChI=1S/C15H24N4O2/c1-2-20-10-5-8-17-15(18-16)19-9-11-21-14-7-4-3-6-13(14)12-19/h3-4,6-7H,2,5,8-12,16H2,1H3,(H,17,18). The SMILES string of the molecule is CCOCCCN=C(NN)N1CCOc2ccccc2C1. The van der Waals surface area contributed by atoms with E-state index in [2.05, 4.69) is 21.4 Å². The van der Waals surface area contributed by atoms with Gasteiger partial charge in [0.2, 0.25) is 5.96 Å². The number of nitrogens with two attached hydrogens (primary N) is 1. The van der Waals surface area contributed by atoms with Crippen molar-refractivity contribution in [1.29, 1.82) is 0 Å². The van der Waals surface area contributed by atoms with Crippen molar-refractivity contribution in [2.24, 2.45) is 10.8 Å². The molecule has 0 amide bonds. The summed E-state index contributed by atoms with van der Waals surface area (Å²) in [6.07, 6.45) is 0.889. The van der Waals surface area contributed by atoms with Crippen LogP contribution in [0.4, 0.5) is 0 Å². The fourth-order valence-electron chi connectivity index (χ4n) is 2.24. The summed E-state index contributed by atoms with van der Waals surface area (Å²) < 4.78 is 11.1. The molecule has 0 unspecified atom stereocenters. The Morgan fingerprint density at radius 3 is 3.14 bits per heavy atom. The summed E-state index contributed by atoms with van der Waals surface area (Å²) in [5.74, 6) is 7.26. The number of nitrogens with one attached hydrogen (secondary N) is 1. The fourth-order valence-corrected chi connectivity index (χ4v) is 2.24. The van der Waals surface area contributed by atoms with Crippen LogP contribution in [0.1, 0.15) is 18.9 Å². The molecule has 3 N–H and O–H groups in total. The summed E-state index contributed by atoms with van der Waals surface area (Å²) >= 11 is 0. The molecule has 1 heterocycles. The maximum Gasteiger partial charge on any atom is 0.208 e. The number of fused-ring (bicyclic) bond motifs is 1. The number of hydrazine groups is 1. The van der Waals surface area contributed by atoms with Gasteiger partial charge >= 0.3 is 0 Å². The largest absolute Gasteiger partial charge is 0.491 e. The van der Waals surface area contributed by atoms with E-state index < -0.39 is 0 Å². The van der Waals surface area contributed by atoms with E-state index in [1.165, 1.54) is 0 Å². The third kappa shape index (κ3) is 4.61. The average Bonchev–Trinajstić information content (AvgIpc) is 2.73.